The fourth-order valence-corrected chi connectivity index (χ4v) is 9.84. The molecule has 6 heteroatoms. The molecule has 1 atom stereocenters. The van der Waals surface area contributed by atoms with Crippen LogP contribution in [0.2, 0.25) is 30.7 Å². The predicted molar refractivity (Wildman–Crippen MR) is 161 cm³/mol. The van der Waals surface area contributed by atoms with E-state index in [-0.39, 0.29) is 23.7 Å². The van der Waals surface area contributed by atoms with Crippen LogP contribution in [0.4, 0.5) is 0 Å². The quantitative estimate of drug-likeness (QED) is 0.104. The van der Waals surface area contributed by atoms with E-state index in [9.17, 15) is 4.79 Å². The number of hydrogen-bond donors (Lipinski definition) is 0. The van der Waals surface area contributed by atoms with Crippen LogP contribution in [0.1, 0.15) is 47.0 Å². The van der Waals surface area contributed by atoms with Crippen molar-refractivity contribution in [2.24, 2.45) is 0 Å². The van der Waals surface area contributed by atoms with Crippen LogP contribution < -0.4 is 10.4 Å². The monoisotopic (exact) mass is 540 g/mol. The highest BCUT2D eigenvalue weighted by atomic mass is 28.4. The van der Waals surface area contributed by atoms with Gasteiger partial charge in [-0.05, 0) is 53.7 Å². The summed E-state index contributed by atoms with van der Waals surface area (Å²) in [6.45, 7) is 17.0. The molecular weight excluding hydrogens is 493 g/mol. The molecule has 0 aliphatic rings. The summed E-state index contributed by atoms with van der Waals surface area (Å²) in [7, 11) is -3.78. The normalized spacial score (nSPS) is 13.7. The summed E-state index contributed by atoms with van der Waals surface area (Å²) in [5, 5.41) is 2.45. The van der Waals surface area contributed by atoms with Crippen LogP contribution in [0.3, 0.4) is 0 Å². The van der Waals surface area contributed by atoms with Crippen LogP contribution in [-0.4, -0.2) is 48.3 Å². The molecular formula is C31H48O4Si2. The number of unbranched alkanes of at least 4 members (excludes halogenated alkanes) is 1. The molecule has 0 spiro atoms. The highest BCUT2D eigenvalue weighted by Gasteiger charge is 2.50. The van der Waals surface area contributed by atoms with Crippen LogP contribution in [0.15, 0.2) is 72.8 Å². The number of ketones is 1. The molecule has 204 valence electrons. The van der Waals surface area contributed by atoms with Gasteiger partial charge in [-0.3, -0.25) is 4.79 Å². The molecule has 0 saturated heterocycles. The number of carbonyl (C=O) groups excluding carboxylic acids is 1. The first-order chi connectivity index (χ1) is 17.5. The van der Waals surface area contributed by atoms with Gasteiger partial charge in [-0.15, -0.1) is 0 Å². The van der Waals surface area contributed by atoms with Crippen molar-refractivity contribution in [3.05, 3.63) is 72.8 Å². The Morgan fingerprint density at radius 3 is 2.00 bits per heavy atom. The van der Waals surface area contributed by atoms with E-state index in [1.807, 2.05) is 6.08 Å². The second kappa shape index (κ2) is 14.9. The second-order valence-corrected chi connectivity index (χ2v) is 22.0. The molecule has 0 aromatic heterocycles. The lowest BCUT2D eigenvalue weighted by Gasteiger charge is -2.43. The van der Waals surface area contributed by atoms with Gasteiger partial charge < -0.3 is 13.9 Å². The maximum Gasteiger partial charge on any atom is 0.261 e. The summed E-state index contributed by atoms with van der Waals surface area (Å²) < 4.78 is 19.3. The second-order valence-electron chi connectivity index (χ2n) is 12.0. The number of allylic oxidation sites excluding steroid dienone is 2. The highest BCUT2D eigenvalue weighted by Crippen LogP contribution is 2.37. The minimum absolute atomic E-state index is 0.0821. The summed E-state index contributed by atoms with van der Waals surface area (Å²) in [5.74, 6) is 0.0821. The van der Waals surface area contributed by atoms with Gasteiger partial charge in [-0.25, -0.2) is 0 Å². The van der Waals surface area contributed by atoms with Gasteiger partial charge in [0.05, 0.1) is 12.7 Å². The third kappa shape index (κ3) is 10.4. The lowest BCUT2D eigenvalue weighted by Crippen LogP contribution is -2.67. The van der Waals surface area contributed by atoms with Crippen LogP contribution in [0, 0.1) is 0 Å². The van der Waals surface area contributed by atoms with E-state index < -0.39 is 16.4 Å². The first-order valence-electron chi connectivity index (χ1n) is 13.6. The Morgan fingerprint density at radius 2 is 1.51 bits per heavy atom. The van der Waals surface area contributed by atoms with E-state index in [0.29, 0.717) is 6.61 Å². The largest absolute Gasteiger partial charge is 0.405 e. The van der Waals surface area contributed by atoms with Gasteiger partial charge in [0.2, 0.25) is 0 Å². The Hall–Kier alpha value is -1.84. The fourth-order valence-electron chi connectivity index (χ4n) is 4.49. The molecule has 0 heterocycles. The highest BCUT2D eigenvalue weighted by molar-refractivity contribution is 6.99. The van der Waals surface area contributed by atoms with E-state index in [1.54, 1.807) is 13.0 Å². The summed E-state index contributed by atoms with van der Waals surface area (Å²) in [4.78, 5) is 11.2. The molecule has 2 aromatic carbocycles. The molecule has 0 aliphatic heterocycles. The molecule has 0 fully saturated rings. The minimum Gasteiger partial charge on any atom is -0.405 e. The van der Waals surface area contributed by atoms with E-state index in [2.05, 4.69) is 101 Å². The van der Waals surface area contributed by atoms with Gasteiger partial charge in [0.1, 0.15) is 6.79 Å². The number of carbonyl (C=O) groups is 1. The van der Waals surface area contributed by atoms with Crippen molar-refractivity contribution < 1.29 is 18.7 Å². The van der Waals surface area contributed by atoms with Gasteiger partial charge in [0.25, 0.3) is 8.32 Å². The van der Waals surface area contributed by atoms with E-state index in [0.717, 1.165) is 31.9 Å². The molecule has 4 nitrogen and oxygen atoms in total. The maximum atomic E-state index is 11.2. The van der Waals surface area contributed by atoms with E-state index in [4.69, 9.17) is 13.9 Å². The van der Waals surface area contributed by atoms with Crippen molar-refractivity contribution in [1.82, 2.24) is 0 Å². The van der Waals surface area contributed by atoms with Crippen molar-refractivity contribution in [3.8, 4) is 0 Å². The summed E-state index contributed by atoms with van der Waals surface area (Å²) in [6.07, 6.45) is 6.13. The Bertz CT molecular complexity index is 907. The standard InChI is InChI=1S/C31H48O4Si2/c1-27(32)17-11-8-12-18-28(34-26-33-23-24-36(5,6)7)25-35-37(31(2,3)4,29-19-13-9-14-20-29)30-21-15-10-16-22-30/h9-11,13-17,19-22,28H,8,12,18,23-26H2,1-7H3/b17-11+/t28-/m1/s1. The van der Waals surface area contributed by atoms with Crippen molar-refractivity contribution in [2.45, 2.75) is 83.8 Å². The van der Waals surface area contributed by atoms with Crippen molar-refractivity contribution in [3.63, 3.8) is 0 Å². The van der Waals surface area contributed by atoms with Crippen molar-refractivity contribution >= 4 is 32.5 Å². The predicted octanol–water partition coefficient (Wildman–Crippen LogP) is 6.58. The maximum absolute atomic E-state index is 11.2. The zero-order chi connectivity index (χ0) is 27.4. The molecule has 0 bridgehead atoms. The fraction of sp³-hybridized carbons (Fsp3) is 0.516. The molecule has 0 N–H and O–H groups in total. The molecule has 2 aromatic rings. The number of rotatable bonds is 16. The average Bonchev–Trinajstić information content (AvgIpc) is 2.83. The topological polar surface area (TPSA) is 44.8 Å². The molecule has 0 amide bonds. The lowest BCUT2D eigenvalue weighted by molar-refractivity contribution is -0.112. The van der Waals surface area contributed by atoms with Crippen molar-refractivity contribution in [1.29, 1.82) is 0 Å². The molecule has 37 heavy (non-hydrogen) atoms. The van der Waals surface area contributed by atoms with Crippen LogP contribution >= 0.6 is 0 Å². The third-order valence-electron chi connectivity index (χ3n) is 6.54. The van der Waals surface area contributed by atoms with Gasteiger partial charge >= 0.3 is 0 Å². The number of ether oxygens (including phenoxy) is 2. The molecule has 2 rings (SSSR count). The first kappa shape index (κ1) is 31.4. The Labute approximate surface area is 227 Å². The van der Waals surface area contributed by atoms with Gasteiger partial charge in [0, 0.05) is 14.7 Å². The lowest BCUT2D eigenvalue weighted by atomic mass is 10.1. The summed E-state index contributed by atoms with van der Waals surface area (Å²) in [5.41, 5.74) is 0. The summed E-state index contributed by atoms with van der Waals surface area (Å²) in [6, 6.07) is 22.5. The smallest absolute Gasteiger partial charge is 0.261 e. The van der Waals surface area contributed by atoms with Crippen LogP contribution in [0.25, 0.3) is 0 Å². The zero-order valence-electron chi connectivity index (χ0n) is 24.1. The van der Waals surface area contributed by atoms with E-state index in [1.165, 1.54) is 10.4 Å². The van der Waals surface area contributed by atoms with Gasteiger partial charge in [-0.2, -0.15) is 0 Å². The molecule has 0 unspecified atom stereocenters. The Kier molecular flexibility index (Phi) is 12.7. The van der Waals surface area contributed by atoms with Gasteiger partial charge in [0.15, 0.2) is 5.78 Å². The molecule has 0 saturated carbocycles. The third-order valence-corrected chi connectivity index (χ3v) is 13.2. The summed E-state index contributed by atoms with van der Waals surface area (Å²) >= 11 is 0. The Morgan fingerprint density at radius 1 is 0.946 bits per heavy atom. The van der Waals surface area contributed by atoms with Crippen molar-refractivity contribution in [2.75, 3.05) is 20.0 Å². The van der Waals surface area contributed by atoms with Gasteiger partial charge in [-0.1, -0.05) is 107 Å². The van der Waals surface area contributed by atoms with E-state index >= 15 is 0 Å². The molecule has 0 aliphatic carbocycles. The molecule has 0 radical (unpaired) electrons. The minimum atomic E-state index is -2.63. The SMILES string of the molecule is CC(=O)/C=C/CCC[C@H](CO[Si](c1ccccc1)(c1ccccc1)C(C)(C)C)OCOCC[Si](C)(C)C. The zero-order valence-corrected chi connectivity index (χ0v) is 26.1. The number of benzene rings is 2. The average molecular weight is 541 g/mol. The van der Waals surface area contributed by atoms with Crippen LogP contribution in [0.5, 0.6) is 0 Å². The number of hydrogen-bond acceptors (Lipinski definition) is 4. The first-order valence-corrected chi connectivity index (χ1v) is 19.2. The van der Waals surface area contributed by atoms with Crippen LogP contribution in [-0.2, 0) is 18.7 Å². The Balaban J connectivity index is 2.23.